The molecule has 0 aliphatic rings. The third-order valence-corrected chi connectivity index (χ3v) is 6.09. The first-order chi connectivity index (χ1) is 13.0. The molecule has 0 aromatic carbocycles. The minimum Gasteiger partial charge on any atom is -0.462 e. The Kier molecular flexibility index (Phi) is 4.72. The minimum atomic E-state index is -0.179. The van der Waals surface area contributed by atoms with Gasteiger partial charge in [-0.1, -0.05) is 11.3 Å². The number of H-pyrrole nitrogens is 1. The van der Waals surface area contributed by atoms with Crippen molar-refractivity contribution in [3.05, 3.63) is 39.9 Å². The van der Waals surface area contributed by atoms with Crippen molar-refractivity contribution in [2.75, 3.05) is 5.32 Å². The van der Waals surface area contributed by atoms with Crippen LogP contribution < -0.4 is 5.32 Å². The summed E-state index contributed by atoms with van der Waals surface area (Å²) in [5.74, 6) is 1.21. The molecule has 4 rings (SSSR count). The van der Waals surface area contributed by atoms with Crippen molar-refractivity contribution < 1.29 is 9.21 Å². The molecule has 0 atom stereocenters. The van der Waals surface area contributed by atoms with E-state index in [0.717, 1.165) is 15.6 Å². The number of anilines is 1. The molecule has 0 radical (unpaired) electrons. The second-order valence-electron chi connectivity index (χ2n) is 5.69. The molecule has 0 spiro atoms. The van der Waals surface area contributed by atoms with Crippen molar-refractivity contribution in [3.63, 3.8) is 0 Å². The van der Waals surface area contributed by atoms with Crippen LogP contribution in [0.25, 0.3) is 21.5 Å². The molecule has 1 amide bonds. The van der Waals surface area contributed by atoms with Gasteiger partial charge in [-0.2, -0.15) is 5.10 Å². The average molecular weight is 419 g/mol. The molecule has 8 nitrogen and oxygen atoms in total. The van der Waals surface area contributed by atoms with Gasteiger partial charge in [0.05, 0.1) is 28.9 Å². The van der Waals surface area contributed by atoms with E-state index in [-0.39, 0.29) is 12.3 Å². The van der Waals surface area contributed by atoms with Crippen LogP contribution in [0.1, 0.15) is 11.4 Å². The summed E-state index contributed by atoms with van der Waals surface area (Å²) in [4.78, 5) is 22.1. The normalized spacial score (nSPS) is 11.0. The molecule has 0 saturated heterocycles. The first-order valence-electron chi connectivity index (χ1n) is 7.88. The number of nitrogens with one attached hydrogen (secondary N) is 2. The molecule has 4 aromatic heterocycles. The SMILES string of the molecule is Cc1nc(NC(=O)Cc2csc(-c3ccco3)n2)sc1-c1n[nH]c(=S)n1C. The van der Waals surface area contributed by atoms with Gasteiger partial charge in [-0.15, -0.1) is 11.3 Å². The summed E-state index contributed by atoms with van der Waals surface area (Å²) in [5, 5.41) is 12.9. The van der Waals surface area contributed by atoms with Crippen LogP contribution in [0.3, 0.4) is 0 Å². The van der Waals surface area contributed by atoms with E-state index in [1.807, 2.05) is 25.4 Å². The molecular formula is C16H14N6O2S3. The number of amides is 1. The number of hydrogen-bond acceptors (Lipinski definition) is 8. The van der Waals surface area contributed by atoms with Crippen LogP contribution in [0.15, 0.2) is 28.2 Å². The predicted molar refractivity (Wildman–Crippen MR) is 106 cm³/mol. The second kappa shape index (κ2) is 7.18. The number of aromatic amines is 1. The Morgan fingerprint density at radius 2 is 2.30 bits per heavy atom. The van der Waals surface area contributed by atoms with Gasteiger partial charge in [0.25, 0.3) is 0 Å². The van der Waals surface area contributed by atoms with E-state index in [1.165, 1.54) is 22.7 Å². The summed E-state index contributed by atoms with van der Waals surface area (Å²) in [6.07, 6.45) is 1.76. The number of furan rings is 1. The number of nitrogens with zero attached hydrogens (tertiary/aromatic N) is 4. The maximum atomic E-state index is 12.4. The number of rotatable bonds is 5. The van der Waals surface area contributed by atoms with Gasteiger partial charge in [-0.25, -0.2) is 9.97 Å². The van der Waals surface area contributed by atoms with E-state index in [0.29, 0.717) is 27.2 Å². The minimum absolute atomic E-state index is 0.164. The third kappa shape index (κ3) is 3.61. The lowest BCUT2D eigenvalue weighted by Gasteiger charge is -1.99. The van der Waals surface area contributed by atoms with Gasteiger partial charge in [-0.05, 0) is 31.3 Å². The van der Waals surface area contributed by atoms with Crippen molar-refractivity contribution >= 4 is 45.9 Å². The van der Waals surface area contributed by atoms with E-state index in [1.54, 1.807) is 16.9 Å². The Morgan fingerprint density at radius 1 is 1.44 bits per heavy atom. The maximum absolute atomic E-state index is 12.4. The van der Waals surface area contributed by atoms with Crippen molar-refractivity contribution in [2.24, 2.45) is 7.05 Å². The topological polar surface area (TPSA) is 102 Å². The van der Waals surface area contributed by atoms with E-state index >= 15 is 0 Å². The highest BCUT2D eigenvalue weighted by molar-refractivity contribution is 7.71. The summed E-state index contributed by atoms with van der Waals surface area (Å²) in [6, 6.07) is 3.64. The van der Waals surface area contributed by atoms with Crippen LogP contribution in [0.4, 0.5) is 5.13 Å². The number of hydrogen-bond donors (Lipinski definition) is 2. The van der Waals surface area contributed by atoms with E-state index in [2.05, 4.69) is 25.5 Å². The van der Waals surface area contributed by atoms with Crippen LogP contribution in [0.5, 0.6) is 0 Å². The fourth-order valence-electron chi connectivity index (χ4n) is 2.44. The third-order valence-electron chi connectivity index (χ3n) is 3.75. The van der Waals surface area contributed by atoms with Crippen molar-refractivity contribution in [1.82, 2.24) is 24.7 Å². The molecule has 2 N–H and O–H groups in total. The summed E-state index contributed by atoms with van der Waals surface area (Å²) in [5.41, 5.74) is 1.47. The van der Waals surface area contributed by atoms with Gasteiger partial charge < -0.3 is 14.3 Å². The van der Waals surface area contributed by atoms with Gasteiger partial charge in [0, 0.05) is 12.4 Å². The van der Waals surface area contributed by atoms with E-state index < -0.39 is 0 Å². The molecule has 0 bridgehead atoms. The van der Waals surface area contributed by atoms with Crippen molar-refractivity contribution in [1.29, 1.82) is 0 Å². The largest absolute Gasteiger partial charge is 0.462 e. The molecule has 4 aromatic rings. The number of carbonyl (C=O) groups excluding carboxylic acids is 1. The molecule has 11 heteroatoms. The van der Waals surface area contributed by atoms with Gasteiger partial charge in [0.1, 0.15) is 0 Å². The monoisotopic (exact) mass is 418 g/mol. The fourth-order valence-corrected chi connectivity index (χ4v) is 4.36. The summed E-state index contributed by atoms with van der Waals surface area (Å²) in [7, 11) is 1.83. The highest BCUT2D eigenvalue weighted by Gasteiger charge is 2.17. The zero-order valence-corrected chi connectivity index (χ0v) is 16.8. The Morgan fingerprint density at radius 3 is 3.00 bits per heavy atom. The van der Waals surface area contributed by atoms with Crippen LogP contribution in [-0.4, -0.2) is 30.6 Å². The first kappa shape index (κ1) is 17.8. The fraction of sp³-hybridized carbons (Fsp3) is 0.188. The molecule has 0 aliphatic heterocycles. The van der Waals surface area contributed by atoms with E-state index in [4.69, 9.17) is 16.6 Å². The molecule has 0 fully saturated rings. The summed E-state index contributed by atoms with van der Waals surface area (Å²) in [6.45, 7) is 1.87. The summed E-state index contributed by atoms with van der Waals surface area (Å²) >= 11 is 7.94. The molecule has 138 valence electrons. The standard InChI is InChI=1S/C16H14N6O2S3/c1-8-12(13-20-21-16(25)22(13)2)27-15(17-8)19-11(23)6-9-7-26-14(18-9)10-4-3-5-24-10/h3-5,7H,6H2,1-2H3,(H,21,25)(H,17,19,23). The molecule has 0 aliphatic carbocycles. The molecule has 27 heavy (non-hydrogen) atoms. The predicted octanol–water partition coefficient (Wildman–Crippen LogP) is 3.81. The zero-order valence-electron chi connectivity index (χ0n) is 14.3. The quantitative estimate of drug-likeness (QED) is 0.478. The molecule has 0 saturated carbocycles. The molecular weight excluding hydrogens is 404 g/mol. The van der Waals surface area contributed by atoms with Crippen molar-refractivity contribution in [3.8, 4) is 21.5 Å². The Hall–Kier alpha value is -2.63. The first-order valence-corrected chi connectivity index (χ1v) is 9.99. The lowest BCUT2D eigenvalue weighted by molar-refractivity contribution is -0.115. The van der Waals surface area contributed by atoms with Gasteiger partial charge in [-0.3, -0.25) is 9.89 Å². The Labute approximate surface area is 166 Å². The van der Waals surface area contributed by atoms with Gasteiger partial charge in [0.15, 0.2) is 26.5 Å². The second-order valence-corrected chi connectivity index (χ2v) is 7.94. The highest BCUT2D eigenvalue weighted by atomic mass is 32.1. The number of thiazole rings is 2. The molecule has 4 heterocycles. The van der Waals surface area contributed by atoms with Crippen molar-refractivity contribution in [2.45, 2.75) is 13.3 Å². The smallest absolute Gasteiger partial charge is 0.232 e. The summed E-state index contributed by atoms with van der Waals surface area (Å²) < 4.78 is 7.62. The highest BCUT2D eigenvalue weighted by Crippen LogP contribution is 2.31. The number of aromatic nitrogens is 5. The van der Waals surface area contributed by atoms with Crippen LogP contribution in [-0.2, 0) is 18.3 Å². The van der Waals surface area contributed by atoms with Crippen LogP contribution in [0, 0.1) is 11.7 Å². The lowest BCUT2D eigenvalue weighted by Crippen LogP contribution is -2.14. The van der Waals surface area contributed by atoms with Gasteiger partial charge >= 0.3 is 0 Å². The van der Waals surface area contributed by atoms with Gasteiger partial charge in [0.2, 0.25) is 5.91 Å². The Balaban J connectivity index is 1.47. The van der Waals surface area contributed by atoms with Crippen LogP contribution >= 0.6 is 34.9 Å². The van der Waals surface area contributed by atoms with E-state index in [9.17, 15) is 4.79 Å². The Bertz CT molecular complexity index is 1150. The number of carbonyl (C=O) groups is 1. The van der Waals surface area contributed by atoms with Crippen LogP contribution in [0.2, 0.25) is 0 Å². The number of aryl methyl sites for hydroxylation is 1. The maximum Gasteiger partial charge on any atom is 0.232 e. The zero-order chi connectivity index (χ0) is 19.0. The molecule has 0 unspecified atom stereocenters. The lowest BCUT2D eigenvalue weighted by atomic mass is 10.3. The average Bonchev–Trinajstić information content (AvgIpc) is 3.39.